The summed E-state index contributed by atoms with van der Waals surface area (Å²) in [6.07, 6.45) is 10.5. The molecule has 0 saturated heterocycles. The minimum absolute atomic E-state index is 0. The van der Waals surface area contributed by atoms with Gasteiger partial charge < -0.3 is 9.55 Å². The molecule has 0 unspecified atom stereocenters. The predicted molar refractivity (Wildman–Crippen MR) is 276 cm³/mol. The largest absolute Gasteiger partial charge is 0.333 e. The van der Waals surface area contributed by atoms with Gasteiger partial charge in [0.1, 0.15) is 4.83 Å². The second-order valence-corrected chi connectivity index (χ2v) is 25.4. The molecule has 5 aromatic carbocycles. The summed E-state index contributed by atoms with van der Waals surface area (Å²) in [4.78, 5) is 16.0. The fourth-order valence-electron chi connectivity index (χ4n) is 9.66. The Kier molecular flexibility index (Phi) is 14.2. The van der Waals surface area contributed by atoms with Crippen LogP contribution >= 0.6 is 11.3 Å². The van der Waals surface area contributed by atoms with Gasteiger partial charge in [-0.1, -0.05) is 151 Å². The fourth-order valence-corrected chi connectivity index (χ4v) is 12.5. The third-order valence-electron chi connectivity index (χ3n) is 13.0. The zero-order chi connectivity index (χ0) is 44.5. The molecule has 0 aliphatic heterocycles. The van der Waals surface area contributed by atoms with Crippen molar-refractivity contribution in [3.63, 3.8) is 0 Å². The van der Waals surface area contributed by atoms with Crippen LogP contribution in [0.3, 0.4) is 0 Å². The van der Waals surface area contributed by atoms with E-state index in [4.69, 9.17) is 15.0 Å². The Morgan fingerprint density at radius 1 is 0.723 bits per heavy atom. The van der Waals surface area contributed by atoms with E-state index < -0.39 is 8.07 Å². The first-order valence-electron chi connectivity index (χ1n) is 23.3. The van der Waals surface area contributed by atoms with E-state index in [0.717, 1.165) is 50.1 Å². The summed E-state index contributed by atoms with van der Waals surface area (Å²) in [6.45, 7) is 18.5. The summed E-state index contributed by atoms with van der Waals surface area (Å²) in [7, 11) is -1.36. The van der Waals surface area contributed by atoms with Crippen molar-refractivity contribution in [3.05, 3.63) is 162 Å². The molecule has 0 bridgehead atoms. The Balaban J connectivity index is 0.000000204. The summed E-state index contributed by atoms with van der Waals surface area (Å²) >= 11 is 1.74. The maximum atomic E-state index is 5.30. The molecule has 0 amide bonds. The molecule has 0 spiro atoms. The van der Waals surface area contributed by atoms with E-state index in [1.54, 1.807) is 22.1 Å². The number of rotatable bonds is 9. The van der Waals surface area contributed by atoms with Crippen molar-refractivity contribution in [1.82, 2.24) is 19.5 Å². The van der Waals surface area contributed by atoms with Crippen LogP contribution in [0.25, 0.3) is 70.8 Å². The number of pyridine rings is 2. The average molecular weight is 1070 g/mol. The number of thiophene rings is 1. The summed E-state index contributed by atoms with van der Waals surface area (Å²) in [5, 5.41) is 3.94. The molecule has 1 aliphatic carbocycles. The van der Waals surface area contributed by atoms with Gasteiger partial charge in [0.15, 0.2) is 0 Å². The first kappa shape index (κ1) is 46.5. The van der Waals surface area contributed by atoms with Crippen LogP contribution in [0.4, 0.5) is 0 Å². The van der Waals surface area contributed by atoms with Gasteiger partial charge in [0.05, 0.1) is 24.9 Å². The van der Waals surface area contributed by atoms with Crippen LogP contribution in [0, 0.1) is 25.0 Å². The van der Waals surface area contributed by atoms with Gasteiger partial charge in [0.25, 0.3) is 0 Å². The van der Waals surface area contributed by atoms with E-state index in [2.05, 4.69) is 180 Å². The fraction of sp³-hybridized carbons (Fsp3) is 0.293. The number of hydrogen-bond donors (Lipinski definition) is 0. The van der Waals surface area contributed by atoms with E-state index in [0.29, 0.717) is 11.8 Å². The van der Waals surface area contributed by atoms with Crippen molar-refractivity contribution in [2.75, 3.05) is 0 Å². The minimum Gasteiger partial charge on any atom is -0.333 e. The first-order valence-corrected chi connectivity index (χ1v) is 27.6. The number of fused-ring (bicyclic) bond motifs is 4. The normalized spacial score (nSPS) is 13.4. The maximum Gasteiger partial charge on any atom is 0.113 e. The second kappa shape index (κ2) is 19.8. The summed E-state index contributed by atoms with van der Waals surface area (Å²) in [5.74, 6) is 2.43. The monoisotopic (exact) mass is 1070 g/mol. The molecule has 1 saturated carbocycles. The molecule has 1 radical (unpaired) electrons. The third kappa shape index (κ3) is 9.76. The zero-order valence-corrected chi connectivity index (χ0v) is 43.3. The van der Waals surface area contributed by atoms with Gasteiger partial charge in [-0.25, -0.2) is 4.98 Å². The molecule has 0 N–H and O–H groups in total. The minimum atomic E-state index is -1.36. The molecule has 1 aliphatic rings. The number of aryl methyl sites for hydroxylation is 1. The molecule has 1 fully saturated rings. The zero-order valence-electron chi connectivity index (χ0n) is 39.1. The van der Waals surface area contributed by atoms with Crippen molar-refractivity contribution in [3.8, 4) is 39.5 Å². The van der Waals surface area contributed by atoms with Crippen LogP contribution in [0.1, 0.15) is 94.0 Å². The first-order chi connectivity index (χ1) is 30.9. The Labute approximate surface area is 405 Å². The SMILES string of the molecule is C[Si](C)(C)c1cnc(-c2[c-]cccc2)cc1CC1CCCCC1.Cc1ccc2c(n1)sc1c(-c3nc4ccccc4n3-c3c(C(C)C)cc(-c4ccccc4)cc3C(C)C)[c-]ccc12.[Ir]. The number of imidazole rings is 1. The van der Waals surface area contributed by atoms with Crippen molar-refractivity contribution in [1.29, 1.82) is 0 Å². The summed E-state index contributed by atoms with van der Waals surface area (Å²) in [5.41, 5.74) is 14.3. The number of para-hydroxylation sites is 2. The Morgan fingerprint density at radius 2 is 1.43 bits per heavy atom. The molecule has 333 valence electrons. The molecule has 10 rings (SSSR count). The van der Waals surface area contributed by atoms with Crippen molar-refractivity contribution in [2.45, 2.75) is 105 Å². The van der Waals surface area contributed by atoms with Crippen LogP contribution in [-0.4, -0.2) is 27.6 Å². The van der Waals surface area contributed by atoms with Gasteiger partial charge in [0.2, 0.25) is 0 Å². The van der Waals surface area contributed by atoms with E-state index in [1.165, 1.54) is 81.9 Å². The van der Waals surface area contributed by atoms with Crippen LogP contribution in [-0.2, 0) is 26.5 Å². The van der Waals surface area contributed by atoms with E-state index in [-0.39, 0.29) is 20.1 Å². The topological polar surface area (TPSA) is 43.6 Å². The number of hydrogen-bond acceptors (Lipinski definition) is 4. The van der Waals surface area contributed by atoms with E-state index in [9.17, 15) is 0 Å². The van der Waals surface area contributed by atoms with Crippen molar-refractivity contribution >= 4 is 55.9 Å². The predicted octanol–water partition coefficient (Wildman–Crippen LogP) is 15.7. The van der Waals surface area contributed by atoms with Crippen molar-refractivity contribution in [2.24, 2.45) is 5.92 Å². The van der Waals surface area contributed by atoms with Crippen molar-refractivity contribution < 1.29 is 20.1 Å². The molecule has 65 heavy (non-hydrogen) atoms. The molecule has 4 heterocycles. The van der Waals surface area contributed by atoms with Crippen LogP contribution in [0.2, 0.25) is 19.6 Å². The van der Waals surface area contributed by atoms with E-state index >= 15 is 0 Å². The standard InChI is InChI=1S/C37H32N3S.C21H28NSi.Ir/c1-22(2)30-20-26(25-12-7-6-8-13-25)21-31(23(3)4)34(30)40-33-17-10-9-16-32(33)39-36(40)29-15-11-14-27-28-19-18-24(5)38-37(28)41-35(27)29;1-23(2,3)21-16-22-20(18-12-8-5-9-13-18)15-19(21)14-17-10-6-4-7-11-17;/h6-14,16-23H,1-5H3;5,8-9,12,15-17H,4,6-7,10-11,14H2,1-3H3;/q2*-1;. The van der Waals surface area contributed by atoms with Gasteiger partial charge in [-0.2, -0.15) is 11.3 Å². The second-order valence-electron chi connectivity index (χ2n) is 19.4. The van der Waals surface area contributed by atoms with Gasteiger partial charge in [0, 0.05) is 37.7 Å². The average Bonchev–Trinajstić information content (AvgIpc) is 3.87. The molecule has 0 atom stereocenters. The third-order valence-corrected chi connectivity index (χ3v) is 16.2. The van der Waals surface area contributed by atoms with Crippen LogP contribution < -0.4 is 5.19 Å². The molecular weight excluding hydrogens is 1010 g/mol. The summed E-state index contributed by atoms with van der Waals surface area (Å²) in [6, 6.07) is 49.9. The van der Waals surface area contributed by atoms with E-state index in [1.807, 2.05) is 18.2 Å². The van der Waals surface area contributed by atoms with Gasteiger partial charge in [-0.3, -0.25) is 4.98 Å². The van der Waals surface area contributed by atoms with Crippen LogP contribution in [0.5, 0.6) is 0 Å². The smallest absolute Gasteiger partial charge is 0.113 e. The van der Waals surface area contributed by atoms with Crippen LogP contribution in [0.15, 0.2) is 128 Å². The number of aromatic nitrogens is 4. The molecule has 7 heteroatoms. The molecule has 4 nitrogen and oxygen atoms in total. The van der Waals surface area contributed by atoms with Gasteiger partial charge in [-0.05, 0) is 105 Å². The quantitative estimate of drug-likeness (QED) is 0.107. The Hall–Kier alpha value is -5.04. The Bertz CT molecular complexity index is 3040. The number of benzene rings is 5. The summed E-state index contributed by atoms with van der Waals surface area (Å²) < 4.78 is 3.58. The maximum absolute atomic E-state index is 5.30. The molecule has 4 aromatic heterocycles. The Morgan fingerprint density at radius 3 is 2.12 bits per heavy atom. The van der Waals surface area contributed by atoms with Gasteiger partial charge >= 0.3 is 0 Å². The molecule has 9 aromatic rings. The molecular formula is C58H60IrN4SSi-2. The number of nitrogens with zero attached hydrogens (tertiary/aromatic N) is 4. The van der Waals surface area contributed by atoms with Gasteiger partial charge in [-0.15, -0.1) is 54.1 Å².